The maximum absolute atomic E-state index is 9.65. The van der Waals surface area contributed by atoms with Crippen molar-refractivity contribution in [3.63, 3.8) is 0 Å². The molecule has 1 saturated heterocycles. The van der Waals surface area contributed by atoms with E-state index in [0.717, 1.165) is 54.2 Å². The van der Waals surface area contributed by atoms with Gasteiger partial charge in [-0.2, -0.15) is 5.26 Å². The molecule has 0 radical (unpaired) electrons. The first-order valence-electron chi connectivity index (χ1n) is 9.47. The van der Waals surface area contributed by atoms with Gasteiger partial charge in [0.2, 0.25) is 0 Å². The first kappa shape index (κ1) is 16.9. The van der Waals surface area contributed by atoms with E-state index in [1.54, 1.807) is 0 Å². The molecule has 1 fully saturated rings. The van der Waals surface area contributed by atoms with Crippen LogP contribution in [0.25, 0.3) is 16.7 Å². The number of nitriles is 1. The first-order chi connectivity index (χ1) is 12.7. The zero-order chi connectivity index (χ0) is 18.3. The lowest BCUT2D eigenvalue weighted by Gasteiger charge is -2.27. The number of hydrogen-bond acceptors (Lipinski definition) is 4. The number of aryl methyl sites for hydroxylation is 1. The van der Waals surface area contributed by atoms with Gasteiger partial charge in [-0.15, -0.1) is 0 Å². The Bertz CT molecular complexity index is 993. The molecule has 5 heteroatoms. The van der Waals surface area contributed by atoms with Crippen LogP contribution in [0, 0.1) is 18.3 Å². The fourth-order valence-electron chi connectivity index (χ4n) is 4.29. The molecule has 0 spiro atoms. The molecule has 0 aliphatic carbocycles. The summed E-state index contributed by atoms with van der Waals surface area (Å²) < 4.78 is 2.17. The number of aromatic nitrogens is 2. The van der Waals surface area contributed by atoms with Gasteiger partial charge in [-0.05, 0) is 50.2 Å². The Morgan fingerprint density at radius 2 is 2.04 bits per heavy atom. The van der Waals surface area contributed by atoms with E-state index in [4.69, 9.17) is 4.98 Å². The molecule has 2 aromatic heterocycles. The lowest BCUT2D eigenvalue weighted by atomic mass is 10.1. The lowest BCUT2D eigenvalue weighted by Crippen LogP contribution is -2.37. The van der Waals surface area contributed by atoms with Crippen LogP contribution in [0.3, 0.4) is 0 Å². The summed E-state index contributed by atoms with van der Waals surface area (Å²) in [6.07, 6.45) is 1.18. The second-order valence-corrected chi connectivity index (χ2v) is 7.04. The molecule has 0 N–H and O–H groups in total. The summed E-state index contributed by atoms with van der Waals surface area (Å²) in [6, 6.07) is 13.2. The summed E-state index contributed by atoms with van der Waals surface area (Å²) >= 11 is 0. The second-order valence-electron chi connectivity index (χ2n) is 7.04. The Kier molecular flexibility index (Phi) is 4.29. The van der Waals surface area contributed by atoms with Crippen LogP contribution in [-0.2, 0) is 0 Å². The Balaban J connectivity index is 1.87. The van der Waals surface area contributed by atoms with Gasteiger partial charge in [-0.3, -0.25) is 9.30 Å². The average molecular weight is 347 g/mol. The van der Waals surface area contributed by atoms with E-state index in [9.17, 15) is 5.26 Å². The number of nitrogens with zero attached hydrogens (tertiary/aromatic N) is 5. The Hall–Kier alpha value is -2.58. The number of anilines is 1. The molecule has 1 aromatic carbocycles. The van der Waals surface area contributed by atoms with E-state index < -0.39 is 0 Å². The molecule has 0 saturated carbocycles. The van der Waals surface area contributed by atoms with E-state index in [1.807, 2.05) is 25.1 Å². The van der Waals surface area contributed by atoms with Crippen molar-refractivity contribution >= 4 is 22.5 Å². The fraction of sp³-hybridized carbons (Fsp3) is 0.429. The van der Waals surface area contributed by atoms with Gasteiger partial charge in [0, 0.05) is 19.1 Å². The minimum absolute atomic E-state index is 0.589. The van der Waals surface area contributed by atoms with Gasteiger partial charge < -0.3 is 4.90 Å². The van der Waals surface area contributed by atoms with Crippen molar-refractivity contribution in [2.45, 2.75) is 33.2 Å². The van der Waals surface area contributed by atoms with E-state index >= 15 is 0 Å². The third-order valence-electron chi connectivity index (χ3n) is 5.68. The number of fused-ring (bicyclic) bond motifs is 3. The topological polar surface area (TPSA) is 47.6 Å². The van der Waals surface area contributed by atoms with Crippen molar-refractivity contribution in [1.82, 2.24) is 14.3 Å². The molecule has 3 heterocycles. The molecule has 1 aliphatic rings. The van der Waals surface area contributed by atoms with Crippen molar-refractivity contribution in [2.75, 3.05) is 31.1 Å². The number of pyridine rings is 1. The van der Waals surface area contributed by atoms with Crippen LogP contribution in [0.4, 0.5) is 5.82 Å². The minimum atomic E-state index is 0.589. The van der Waals surface area contributed by atoms with Crippen molar-refractivity contribution in [2.24, 2.45) is 0 Å². The zero-order valence-electron chi connectivity index (χ0n) is 15.7. The first-order valence-corrected chi connectivity index (χ1v) is 9.47. The summed E-state index contributed by atoms with van der Waals surface area (Å²) in [5.41, 5.74) is 4.45. The van der Waals surface area contributed by atoms with Crippen LogP contribution < -0.4 is 4.90 Å². The highest BCUT2D eigenvalue weighted by Gasteiger charge is 2.28. The predicted molar refractivity (Wildman–Crippen MR) is 106 cm³/mol. The molecule has 0 amide bonds. The molecule has 134 valence electrons. The summed E-state index contributed by atoms with van der Waals surface area (Å²) in [4.78, 5) is 9.77. The van der Waals surface area contributed by atoms with Crippen LogP contribution in [0.5, 0.6) is 0 Å². The third kappa shape index (κ3) is 2.53. The number of imidazole rings is 1. The number of hydrogen-bond donors (Lipinski definition) is 0. The summed E-state index contributed by atoms with van der Waals surface area (Å²) in [7, 11) is 0. The fourth-order valence-corrected chi connectivity index (χ4v) is 4.29. The summed E-state index contributed by atoms with van der Waals surface area (Å²) in [5, 5.41) is 9.65. The van der Waals surface area contributed by atoms with E-state index in [-0.39, 0.29) is 0 Å². The standard InChI is InChI=1S/C21H25N5/c1-4-24(5-2)16-10-11-25(14-16)20-12-15(3)17(13-22)21-23-18-8-6-7-9-19(18)26(20)21/h6-9,12,16H,4-5,10-11,14H2,1-3H3. The van der Waals surface area contributed by atoms with Gasteiger partial charge in [0.05, 0.1) is 16.6 Å². The van der Waals surface area contributed by atoms with Gasteiger partial charge in [-0.25, -0.2) is 4.98 Å². The summed E-state index contributed by atoms with van der Waals surface area (Å²) in [6.45, 7) is 10.7. The minimum Gasteiger partial charge on any atom is -0.356 e. The number of rotatable bonds is 4. The third-order valence-corrected chi connectivity index (χ3v) is 5.68. The molecule has 26 heavy (non-hydrogen) atoms. The van der Waals surface area contributed by atoms with Crippen molar-refractivity contribution in [1.29, 1.82) is 5.26 Å². The van der Waals surface area contributed by atoms with E-state index in [2.05, 4.69) is 46.2 Å². The highest BCUT2D eigenvalue weighted by Crippen LogP contribution is 2.31. The quantitative estimate of drug-likeness (QED) is 0.724. The van der Waals surface area contributed by atoms with Crippen LogP contribution in [-0.4, -0.2) is 46.5 Å². The predicted octanol–water partition coefficient (Wildman–Crippen LogP) is 3.59. The molecule has 4 rings (SSSR count). The Morgan fingerprint density at radius 3 is 2.77 bits per heavy atom. The molecule has 1 unspecified atom stereocenters. The van der Waals surface area contributed by atoms with Crippen LogP contribution in [0.2, 0.25) is 0 Å². The van der Waals surface area contributed by atoms with Gasteiger partial charge in [0.1, 0.15) is 11.9 Å². The van der Waals surface area contributed by atoms with Crippen LogP contribution >= 0.6 is 0 Å². The maximum Gasteiger partial charge on any atom is 0.157 e. The molecular formula is C21H25N5. The molecule has 1 atom stereocenters. The molecular weight excluding hydrogens is 322 g/mol. The molecule has 0 bridgehead atoms. The zero-order valence-corrected chi connectivity index (χ0v) is 15.7. The molecule has 1 aliphatic heterocycles. The largest absolute Gasteiger partial charge is 0.356 e. The molecule has 3 aromatic rings. The summed E-state index contributed by atoms with van der Waals surface area (Å²) in [5.74, 6) is 1.15. The van der Waals surface area contributed by atoms with Gasteiger partial charge in [-0.1, -0.05) is 26.0 Å². The van der Waals surface area contributed by atoms with Gasteiger partial charge >= 0.3 is 0 Å². The Labute approximate surface area is 154 Å². The second kappa shape index (κ2) is 6.62. The van der Waals surface area contributed by atoms with Crippen LogP contribution in [0.1, 0.15) is 31.4 Å². The van der Waals surface area contributed by atoms with Crippen molar-refractivity contribution in [3.05, 3.63) is 41.5 Å². The number of para-hydroxylation sites is 2. The van der Waals surface area contributed by atoms with Gasteiger partial charge in [0.25, 0.3) is 0 Å². The number of benzene rings is 1. The highest BCUT2D eigenvalue weighted by atomic mass is 15.3. The van der Waals surface area contributed by atoms with Crippen LogP contribution in [0.15, 0.2) is 30.3 Å². The van der Waals surface area contributed by atoms with Gasteiger partial charge in [0.15, 0.2) is 5.65 Å². The Morgan fingerprint density at radius 1 is 1.27 bits per heavy atom. The monoisotopic (exact) mass is 347 g/mol. The van der Waals surface area contributed by atoms with E-state index in [1.165, 1.54) is 6.42 Å². The lowest BCUT2D eigenvalue weighted by molar-refractivity contribution is 0.232. The van der Waals surface area contributed by atoms with E-state index in [0.29, 0.717) is 11.6 Å². The number of likely N-dealkylation sites (N-methyl/N-ethyl adjacent to an activating group) is 1. The van der Waals surface area contributed by atoms with Crippen molar-refractivity contribution < 1.29 is 0 Å². The molecule has 5 nitrogen and oxygen atoms in total. The smallest absolute Gasteiger partial charge is 0.157 e. The SMILES string of the molecule is CCN(CC)C1CCN(c2cc(C)c(C#N)c3nc4ccccc4n23)C1. The van der Waals surface area contributed by atoms with Crippen molar-refractivity contribution in [3.8, 4) is 6.07 Å². The average Bonchev–Trinajstić information content (AvgIpc) is 3.27. The normalized spacial score (nSPS) is 17.5. The highest BCUT2D eigenvalue weighted by molar-refractivity contribution is 5.85. The maximum atomic E-state index is 9.65.